The Morgan fingerprint density at radius 3 is 3.08 bits per heavy atom. The molecule has 0 bridgehead atoms. The molecule has 0 radical (unpaired) electrons. The number of hydrogen-bond acceptors (Lipinski definition) is 6. The van der Waals surface area contributed by atoms with Crippen molar-refractivity contribution in [3.8, 4) is 0 Å². The number of aromatic amines is 2. The Labute approximate surface area is 136 Å². The molecule has 9 heteroatoms. The van der Waals surface area contributed by atoms with E-state index >= 15 is 0 Å². The highest BCUT2D eigenvalue weighted by Gasteiger charge is 2.28. The van der Waals surface area contributed by atoms with Gasteiger partial charge < -0.3 is 14.4 Å². The summed E-state index contributed by atoms with van der Waals surface area (Å²) in [7, 11) is 1.61. The average Bonchev–Trinajstić information content (AvgIpc) is 2.59. The molecular formula is C15H18N4O5. The van der Waals surface area contributed by atoms with Gasteiger partial charge in [0, 0.05) is 26.5 Å². The van der Waals surface area contributed by atoms with Crippen LogP contribution >= 0.6 is 0 Å². The van der Waals surface area contributed by atoms with Gasteiger partial charge in [-0.2, -0.15) is 0 Å². The SMILES string of the molecule is COCCC1COCCN1C(=O)c1cnc2[nH]c(=O)[nH]c(=O)c2c1. The molecule has 128 valence electrons. The van der Waals surface area contributed by atoms with Crippen LogP contribution in [0.15, 0.2) is 21.9 Å². The molecule has 3 heterocycles. The third-order valence-corrected chi connectivity index (χ3v) is 3.98. The molecule has 1 saturated heterocycles. The number of amides is 1. The Balaban J connectivity index is 1.92. The topological polar surface area (TPSA) is 117 Å². The molecule has 1 amide bonds. The second-order valence-electron chi connectivity index (χ2n) is 5.54. The fraction of sp³-hybridized carbons (Fsp3) is 0.467. The van der Waals surface area contributed by atoms with Crippen LogP contribution in [0.25, 0.3) is 11.0 Å². The molecule has 2 aromatic heterocycles. The lowest BCUT2D eigenvalue weighted by molar-refractivity contribution is -0.0104. The fourth-order valence-corrected chi connectivity index (χ4v) is 2.74. The number of hydrogen-bond donors (Lipinski definition) is 2. The lowest BCUT2D eigenvalue weighted by Crippen LogP contribution is -2.49. The number of H-pyrrole nitrogens is 2. The minimum absolute atomic E-state index is 0.0873. The van der Waals surface area contributed by atoms with Crippen molar-refractivity contribution in [2.75, 3.05) is 33.5 Å². The number of carbonyl (C=O) groups excluding carboxylic acids is 1. The van der Waals surface area contributed by atoms with E-state index in [4.69, 9.17) is 9.47 Å². The molecule has 1 aliphatic rings. The van der Waals surface area contributed by atoms with Crippen LogP contribution in [0, 0.1) is 0 Å². The molecule has 0 spiro atoms. The maximum absolute atomic E-state index is 12.8. The molecule has 2 N–H and O–H groups in total. The summed E-state index contributed by atoms with van der Waals surface area (Å²) in [6.45, 7) is 1.90. The molecule has 0 aromatic carbocycles. The van der Waals surface area contributed by atoms with Crippen LogP contribution in [0.1, 0.15) is 16.8 Å². The number of methoxy groups -OCH3 is 1. The van der Waals surface area contributed by atoms with E-state index in [0.29, 0.717) is 38.3 Å². The van der Waals surface area contributed by atoms with Crippen LogP contribution in [0.4, 0.5) is 0 Å². The zero-order chi connectivity index (χ0) is 17.1. The van der Waals surface area contributed by atoms with Crippen LogP contribution in [0.3, 0.4) is 0 Å². The van der Waals surface area contributed by atoms with Gasteiger partial charge in [0.25, 0.3) is 11.5 Å². The first-order valence-electron chi connectivity index (χ1n) is 7.60. The van der Waals surface area contributed by atoms with Gasteiger partial charge in [-0.1, -0.05) is 0 Å². The number of ether oxygens (including phenoxy) is 2. The van der Waals surface area contributed by atoms with Gasteiger partial charge in [0.1, 0.15) is 5.65 Å². The third-order valence-electron chi connectivity index (χ3n) is 3.98. The molecule has 1 fully saturated rings. The lowest BCUT2D eigenvalue weighted by Gasteiger charge is -2.35. The van der Waals surface area contributed by atoms with Gasteiger partial charge in [-0.05, 0) is 12.5 Å². The van der Waals surface area contributed by atoms with Crippen molar-refractivity contribution < 1.29 is 14.3 Å². The molecule has 1 unspecified atom stereocenters. The maximum atomic E-state index is 12.8. The number of aromatic nitrogens is 3. The van der Waals surface area contributed by atoms with Gasteiger partial charge in [-0.25, -0.2) is 9.78 Å². The largest absolute Gasteiger partial charge is 0.385 e. The molecule has 24 heavy (non-hydrogen) atoms. The van der Waals surface area contributed by atoms with Crippen molar-refractivity contribution in [1.29, 1.82) is 0 Å². The molecule has 9 nitrogen and oxygen atoms in total. The fourth-order valence-electron chi connectivity index (χ4n) is 2.74. The van der Waals surface area contributed by atoms with Crippen molar-refractivity contribution in [2.24, 2.45) is 0 Å². The lowest BCUT2D eigenvalue weighted by atomic mass is 10.1. The number of rotatable bonds is 4. The highest BCUT2D eigenvalue weighted by Crippen LogP contribution is 2.16. The summed E-state index contributed by atoms with van der Waals surface area (Å²) in [6, 6.07) is 1.36. The van der Waals surface area contributed by atoms with Crippen molar-refractivity contribution >= 4 is 16.9 Å². The zero-order valence-corrected chi connectivity index (χ0v) is 13.2. The monoisotopic (exact) mass is 334 g/mol. The van der Waals surface area contributed by atoms with Crippen molar-refractivity contribution in [3.63, 3.8) is 0 Å². The van der Waals surface area contributed by atoms with E-state index in [9.17, 15) is 14.4 Å². The second kappa shape index (κ2) is 6.93. The second-order valence-corrected chi connectivity index (χ2v) is 5.54. The summed E-state index contributed by atoms with van der Waals surface area (Å²) in [5.74, 6) is -0.223. The molecule has 0 aliphatic carbocycles. The molecule has 1 atom stereocenters. The highest BCUT2D eigenvalue weighted by molar-refractivity contribution is 5.96. The van der Waals surface area contributed by atoms with Gasteiger partial charge in [0.15, 0.2) is 0 Å². The van der Waals surface area contributed by atoms with Crippen molar-refractivity contribution in [3.05, 3.63) is 38.7 Å². The van der Waals surface area contributed by atoms with Crippen LogP contribution in [-0.4, -0.2) is 65.3 Å². The third kappa shape index (κ3) is 3.22. The van der Waals surface area contributed by atoms with Crippen LogP contribution in [0.2, 0.25) is 0 Å². The zero-order valence-electron chi connectivity index (χ0n) is 13.2. The van der Waals surface area contributed by atoms with Gasteiger partial charge >= 0.3 is 5.69 Å². The summed E-state index contributed by atoms with van der Waals surface area (Å²) < 4.78 is 10.5. The Bertz CT molecular complexity index is 859. The van der Waals surface area contributed by atoms with E-state index in [-0.39, 0.29) is 23.0 Å². The van der Waals surface area contributed by atoms with E-state index in [1.165, 1.54) is 12.3 Å². The normalized spacial score (nSPS) is 18.0. The van der Waals surface area contributed by atoms with Crippen LogP contribution in [-0.2, 0) is 9.47 Å². The Hall–Kier alpha value is -2.52. The van der Waals surface area contributed by atoms with E-state index < -0.39 is 11.2 Å². The number of fused-ring (bicyclic) bond motifs is 1. The highest BCUT2D eigenvalue weighted by atomic mass is 16.5. The van der Waals surface area contributed by atoms with Crippen LogP contribution < -0.4 is 11.2 Å². The Morgan fingerprint density at radius 2 is 2.29 bits per heavy atom. The maximum Gasteiger partial charge on any atom is 0.327 e. The van der Waals surface area contributed by atoms with Gasteiger partial charge in [0.2, 0.25) is 0 Å². The number of nitrogens with one attached hydrogen (secondary N) is 2. The smallest absolute Gasteiger partial charge is 0.327 e. The predicted octanol–water partition coefficient (Wildman–Crippen LogP) is -0.511. The van der Waals surface area contributed by atoms with E-state index in [1.807, 2.05) is 0 Å². The molecule has 3 rings (SSSR count). The van der Waals surface area contributed by atoms with E-state index in [1.54, 1.807) is 12.0 Å². The predicted molar refractivity (Wildman–Crippen MR) is 85.1 cm³/mol. The van der Waals surface area contributed by atoms with Gasteiger partial charge in [-0.15, -0.1) is 0 Å². The number of morpholine rings is 1. The number of nitrogens with zero attached hydrogens (tertiary/aromatic N) is 2. The average molecular weight is 334 g/mol. The number of carbonyl (C=O) groups is 1. The minimum atomic E-state index is -0.633. The summed E-state index contributed by atoms with van der Waals surface area (Å²) >= 11 is 0. The summed E-state index contributed by atoms with van der Waals surface area (Å²) in [4.78, 5) is 46.2. The van der Waals surface area contributed by atoms with Crippen molar-refractivity contribution in [2.45, 2.75) is 12.5 Å². The molecular weight excluding hydrogens is 316 g/mol. The Morgan fingerprint density at radius 1 is 1.46 bits per heavy atom. The molecule has 2 aromatic rings. The summed E-state index contributed by atoms with van der Waals surface area (Å²) in [5, 5.41) is 0.169. The molecule has 0 saturated carbocycles. The van der Waals surface area contributed by atoms with Gasteiger partial charge in [-0.3, -0.25) is 19.6 Å². The Kier molecular flexibility index (Phi) is 4.72. The van der Waals surface area contributed by atoms with Crippen LogP contribution in [0.5, 0.6) is 0 Å². The minimum Gasteiger partial charge on any atom is -0.385 e. The first-order valence-corrected chi connectivity index (χ1v) is 7.60. The van der Waals surface area contributed by atoms with E-state index in [2.05, 4.69) is 15.0 Å². The van der Waals surface area contributed by atoms with Crippen molar-refractivity contribution in [1.82, 2.24) is 19.9 Å². The first kappa shape index (κ1) is 16.3. The number of pyridine rings is 1. The quantitative estimate of drug-likeness (QED) is 0.777. The first-order chi connectivity index (χ1) is 11.6. The van der Waals surface area contributed by atoms with Gasteiger partial charge in [0.05, 0.1) is 30.2 Å². The van der Waals surface area contributed by atoms with E-state index in [0.717, 1.165) is 0 Å². The summed E-state index contributed by atoms with van der Waals surface area (Å²) in [5.41, 5.74) is -0.761. The summed E-state index contributed by atoms with van der Waals surface area (Å²) in [6.07, 6.45) is 2.03. The molecule has 1 aliphatic heterocycles. The standard InChI is InChI=1S/C15H18N4O5/c1-23-4-2-10-8-24-5-3-19(10)14(21)9-6-11-12(16-7-9)17-15(22)18-13(11)20/h6-7,10H,2-5,8H2,1H3,(H2,16,17,18,20,22).